The largest absolute Gasteiger partial charge is 0.379 e. The highest BCUT2D eigenvalue weighted by atomic mass is 16.5. The molecule has 1 amide bonds. The lowest BCUT2D eigenvalue weighted by Gasteiger charge is -2.32. The molecule has 1 aliphatic rings. The molecule has 0 spiro atoms. The van der Waals surface area contributed by atoms with Crippen LogP contribution in [0.15, 0.2) is 37.1 Å². The highest BCUT2D eigenvalue weighted by molar-refractivity contribution is 5.76. The number of aromatic nitrogens is 4. The zero-order chi connectivity index (χ0) is 17.3. The molecule has 0 aliphatic carbocycles. The second kappa shape index (κ2) is 9.24. The molecule has 1 saturated heterocycles. The Morgan fingerprint density at radius 3 is 3.20 bits per heavy atom. The summed E-state index contributed by atoms with van der Waals surface area (Å²) in [5, 5.41) is 7.10. The van der Waals surface area contributed by atoms with Crippen molar-refractivity contribution in [2.24, 2.45) is 0 Å². The van der Waals surface area contributed by atoms with Crippen LogP contribution in [0.2, 0.25) is 0 Å². The molecule has 3 heterocycles. The van der Waals surface area contributed by atoms with Gasteiger partial charge in [0.25, 0.3) is 0 Å². The fourth-order valence-electron chi connectivity index (χ4n) is 2.75. The number of aryl methyl sites for hydroxylation is 1. The molecule has 2 aromatic rings. The van der Waals surface area contributed by atoms with E-state index in [9.17, 15) is 4.79 Å². The lowest BCUT2D eigenvalue weighted by atomic mass is 10.1. The first-order valence-corrected chi connectivity index (χ1v) is 8.52. The molecule has 134 valence electrons. The van der Waals surface area contributed by atoms with E-state index < -0.39 is 0 Å². The zero-order valence-corrected chi connectivity index (χ0v) is 14.1. The number of hydrogen-bond donors (Lipinski definition) is 1. The van der Waals surface area contributed by atoms with Gasteiger partial charge in [-0.2, -0.15) is 5.10 Å². The smallest absolute Gasteiger partial charge is 0.220 e. The number of nitrogens with one attached hydrogen (secondary N) is 1. The maximum Gasteiger partial charge on any atom is 0.220 e. The van der Waals surface area contributed by atoms with Gasteiger partial charge in [0.2, 0.25) is 5.91 Å². The normalized spacial score (nSPS) is 20.3. The molecule has 25 heavy (non-hydrogen) atoms. The second-order valence-corrected chi connectivity index (χ2v) is 5.97. The number of amides is 1. The van der Waals surface area contributed by atoms with Gasteiger partial charge in [0.1, 0.15) is 18.8 Å². The maximum absolute atomic E-state index is 12.2. The lowest BCUT2D eigenvalue weighted by Crippen LogP contribution is -2.49. The van der Waals surface area contributed by atoms with Crippen LogP contribution in [0.3, 0.4) is 0 Å². The number of carbonyl (C=O) groups is 1. The molecule has 0 radical (unpaired) electrons. The van der Waals surface area contributed by atoms with E-state index >= 15 is 0 Å². The third kappa shape index (κ3) is 5.61. The molecule has 8 nitrogen and oxygen atoms in total. The van der Waals surface area contributed by atoms with Crippen LogP contribution in [-0.4, -0.2) is 51.0 Å². The molecule has 2 atom stereocenters. The minimum Gasteiger partial charge on any atom is -0.379 e. The van der Waals surface area contributed by atoms with E-state index in [-0.39, 0.29) is 18.1 Å². The number of pyridine rings is 1. The molecule has 2 aromatic heterocycles. The lowest BCUT2D eigenvalue weighted by molar-refractivity contribution is -0.126. The van der Waals surface area contributed by atoms with Gasteiger partial charge in [0, 0.05) is 25.8 Å². The van der Waals surface area contributed by atoms with E-state index in [1.165, 1.54) is 6.33 Å². The summed E-state index contributed by atoms with van der Waals surface area (Å²) in [7, 11) is 0. The van der Waals surface area contributed by atoms with Gasteiger partial charge in [-0.15, -0.1) is 0 Å². The van der Waals surface area contributed by atoms with Crippen molar-refractivity contribution in [2.75, 3.05) is 13.2 Å². The van der Waals surface area contributed by atoms with E-state index in [0.29, 0.717) is 32.8 Å². The molecule has 0 aromatic carbocycles. The van der Waals surface area contributed by atoms with Gasteiger partial charge in [-0.3, -0.25) is 14.5 Å². The Morgan fingerprint density at radius 1 is 1.44 bits per heavy atom. The van der Waals surface area contributed by atoms with Crippen molar-refractivity contribution in [3.8, 4) is 0 Å². The molecule has 0 bridgehead atoms. The van der Waals surface area contributed by atoms with Gasteiger partial charge >= 0.3 is 0 Å². The highest BCUT2D eigenvalue weighted by Gasteiger charge is 2.27. The summed E-state index contributed by atoms with van der Waals surface area (Å²) < 4.78 is 13.1. The quantitative estimate of drug-likeness (QED) is 0.766. The Hall–Kier alpha value is -2.32. The number of hydrogen-bond acceptors (Lipinski definition) is 6. The summed E-state index contributed by atoms with van der Waals surface area (Å²) in [6, 6.07) is 5.69. The summed E-state index contributed by atoms with van der Waals surface area (Å²) in [5.74, 6) is 0.0263. The van der Waals surface area contributed by atoms with Crippen LogP contribution in [-0.2, 0) is 27.4 Å². The monoisotopic (exact) mass is 345 g/mol. The standard InChI is InChI=1S/C17H23N5O3/c23-17(5-3-8-22-13-18-12-20-22)21-15-6-9-24-11-16(15)25-10-14-4-1-2-7-19-14/h1-2,4,7,12-13,15-16H,3,5-6,8-11H2,(H,21,23)/t15-,16-/m1/s1. The SMILES string of the molecule is O=C(CCCn1cncn1)N[C@@H]1CCOC[C@H]1OCc1ccccn1. The predicted octanol–water partition coefficient (Wildman–Crippen LogP) is 0.944. The Morgan fingerprint density at radius 2 is 2.40 bits per heavy atom. The van der Waals surface area contributed by atoms with Gasteiger partial charge in [0.05, 0.1) is 24.9 Å². The Balaban J connectivity index is 1.42. The summed E-state index contributed by atoms with van der Waals surface area (Å²) in [5.41, 5.74) is 0.867. The molecular formula is C17H23N5O3. The van der Waals surface area contributed by atoms with Gasteiger partial charge in [0.15, 0.2) is 0 Å². The van der Waals surface area contributed by atoms with Crippen LogP contribution in [0.1, 0.15) is 25.0 Å². The summed E-state index contributed by atoms with van der Waals surface area (Å²) in [6.45, 7) is 2.21. The number of nitrogens with zero attached hydrogens (tertiary/aromatic N) is 4. The van der Waals surface area contributed by atoms with Crippen LogP contribution in [0, 0.1) is 0 Å². The van der Waals surface area contributed by atoms with Crippen molar-refractivity contribution in [2.45, 2.75) is 44.6 Å². The first kappa shape index (κ1) is 17.5. The van der Waals surface area contributed by atoms with Gasteiger partial charge in [-0.25, -0.2) is 4.98 Å². The average molecular weight is 345 g/mol. The molecule has 1 N–H and O–H groups in total. The molecule has 1 aliphatic heterocycles. The van der Waals surface area contributed by atoms with E-state index in [4.69, 9.17) is 9.47 Å². The number of carbonyl (C=O) groups excluding carboxylic acids is 1. The van der Waals surface area contributed by atoms with Crippen LogP contribution >= 0.6 is 0 Å². The number of ether oxygens (including phenoxy) is 2. The Labute approximate surface area is 146 Å². The zero-order valence-electron chi connectivity index (χ0n) is 14.1. The van der Waals surface area contributed by atoms with Crippen molar-refractivity contribution in [1.29, 1.82) is 0 Å². The molecule has 0 unspecified atom stereocenters. The fourth-order valence-corrected chi connectivity index (χ4v) is 2.75. The molecule has 1 fully saturated rings. The van der Waals surface area contributed by atoms with E-state index in [0.717, 1.165) is 18.5 Å². The number of rotatable bonds is 8. The summed E-state index contributed by atoms with van der Waals surface area (Å²) in [6.07, 6.45) is 6.65. The van der Waals surface area contributed by atoms with E-state index in [2.05, 4.69) is 20.4 Å². The van der Waals surface area contributed by atoms with Crippen molar-refractivity contribution in [1.82, 2.24) is 25.1 Å². The third-order valence-electron chi connectivity index (χ3n) is 4.08. The third-order valence-corrected chi connectivity index (χ3v) is 4.08. The summed E-state index contributed by atoms with van der Waals surface area (Å²) in [4.78, 5) is 20.3. The van der Waals surface area contributed by atoms with Crippen molar-refractivity contribution in [3.63, 3.8) is 0 Å². The van der Waals surface area contributed by atoms with Crippen LogP contribution in [0.25, 0.3) is 0 Å². The first-order chi connectivity index (χ1) is 12.3. The molecule has 3 rings (SSSR count). The minimum absolute atomic E-state index is 0.0263. The predicted molar refractivity (Wildman–Crippen MR) is 89.4 cm³/mol. The van der Waals surface area contributed by atoms with E-state index in [1.807, 2.05) is 18.2 Å². The van der Waals surface area contributed by atoms with Crippen molar-refractivity contribution >= 4 is 5.91 Å². The molecular weight excluding hydrogens is 322 g/mol. The van der Waals surface area contributed by atoms with Gasteiger partial charge in [-0.1, -0.05) is 6.07 Å². The van der Waals surface area contributed by atoms with Crippen molar-refractivity contribution in [3.05, 3.63) is 42.7 Å². The maximum atomic E-state index is 12.2. The molecule has 8 heteroatoms. The van der Waals surface area contributed by atoms with Gasteiger partial charge < -0.3 is 14.8 Å². The Kier molecular flexibility index (Phi) is 6.47. The highest BCUT2D eigenvalue weighted by Crippen LogP contribution is 2.14. The van der Waals surface area contributed by atoms with E-state index in [1.54, 1.807) is 17.2 Å². The van der Waals surface area contributed by atoms with Crippen molar-refractivity contribution < 1.29 is 14.3 Å². The fraction of sp³-hybridized carbons (Fsp3) is 0.529. The topological polar surface area (TPSA) is 91.2 Å². The second-order valence-electron chi connectivity index (χ2n) is 5.97. The van der Waals surface area contributed by atoms with Gasteiger partial charge in [-0.05, 0) is 25.0 Å². The first-order valence-electron chi connectivity index (χ1n) is 8.52. The minimum atomic E-state index is -0.157. The van der Waals surface area contributed by atoms with Crippen LogP contribution in [0.5, 0.6) is 0 Å². The molecule has 0 saturated carbocycles. The average Bonchev–Trinajstić information content (AvgIpc) is 3.15. The Bertz CT molecular complexity index is 635. The summed E-state index contributed by atoms with van der Waals surface area (Å²) >= 11 is 0. The van der Waals surface area contributed by atoms with Crippen LogP contribution < -0.4 is 5.32 Å². The van der Waals surface area contributed by atoms with Crippen LogP contribution in [0.4, 0.5) is 0 Å².